The number of hydrogen-bond donors (Lipinski definition) is 0. The number of aromatic nitrogens is 2. The summed E-state index contributed by atoms with van der Waals surface area (Å²) in [6, 6.07) is 4.26. The molecule has 0 saturated carbocycles. The average molecular weight is 328 g/mol. The third kappa shape index (κ3) is 3.32. The summed E-state index contributed by atoms with van der Waals surface area (Å²) in [5.74, 6) is 0. The number of rotatable bonds is 4. The Kier molecular flexibility index (Phi) is 4.42. The van der Waals surface area contributed by atoms with Gasteiger partial charge in [0.25, 0.3) is 0 Å². The Hall–Kier alpha value is -1.30. The maximum Gasteiger partial charge on any atom is 0.107 e. The van der Waals surface area contributed by atoms with Gasteiger partial charge in [0, 0.05) is 49.1 Å². The first-order chi connectivity index (χ1) is 11.3. The van der Waals surface area contributed by atoms with Gasteiger partial charge in [-0.25, -0.2) is 4.98 Å². The van der Waals surface area contributed by atoms with Crippen molar-refractivity contribution in [3.63, 3.8) is 0 Å². The van der Waals surface area contributed by atoms with Gasteiger partial charge in [0.1, 0.15) is 5.01 Å². The van der Waals surface area contributed by atoms with Crippen molar-refractivity contribution >= 4 is 11.3 Å². The summed E-state index contributed by atoms with van der Waals surface area (Å²) < 4.78 is 0. The van der Waals surface area contributed by atoms with E-state index in [4.69, 9.17) is 0 Å². The molecular formula is C18H24N4S. The van der Waals surface area contributed by atoms with Crippen LogP contribution in [0.4, 0.5) is 0 Å². The summed E-state index contributed by atoms with van der Waals surface area (Å²) in [6.07, 6.45) is 11.1. The van der Waals surface area contributed by atoms with E-state index in [0.717, 1.165) is 13.1 Å². The van der Waals surface area contributed by atoms with E-state index < -0.39 is 0 Å². The Morgan fingerprint density at radius 2 is 2.00 bits per heavy atom. The molecule has 2 aliphatic rings. The molecule has 2 fully saturated rings. The van der Waals surface area contributed by atoms with Crippen LogP contribution in [0, 0.1) is 0 Å². The van der Waals surface area contributed by atoms with E-state index in [1.165, 1.54) is 55.9 Å². The zero-order valence-electron chi connectivity index (χ0n) is 13.5. The molecule has 0 radical (unpaired) electrons. The Labute approximate surface area is 142 Å². The number of hydrogen-bond acceptors (Lipinski definition) is 5. The van der Waals surface area contributed by atoms with Crippen molar-refractivity contribution in [2.75, 3.05) is 19.6 Å². The number of piperidine rings is 1. The highest BCUT2D eigenvalue weighted by molar-refractivity contribution is 7.09. The Morgan fingerprint density at radius 3 is 2.74 bits per heavy atom. The average Bonchev–Trinajstić information content (AvgIpc) is 3.22. The Balaban J connectivity index is 1.38. The van der Waals surface area contributed by atoms with Crippen LogP contribution in [0.2, 0.25) is 0 Å². The first-order valence-corrected chi connectivity index (χ1v) is 9.47. The van der Waals surface area contributed by atoms with Gasteiger partial charge in [-0.15, -0.1) is 11.3 Å². The number of likely N-dealkylation sites (tertiary alicyclic amines) is 2. The van der Waals surface area contributed by atoms with Crippen molar-refractivity contribution in [1.82, 2.24) is 19.8 Å². The summed E-state index contributed by atoms with van der Waals surface area (Å²) >= 11 is 1.77. The minimum absolute atomic E-state index is 0.426. The standard InChI is InChI=1S/C18H24N4S/c1-3-16(13-19-7-1)14-22-9-2-4-18(22)5-10-21(11-6-18)15-17-20-8-12-23-17/h1,3,7-8,12-13H,2,4-6,9-11,14-15H2. The van der Waals surface area contributed by atoms with Crippen LogP contribution in [-0.2, 0) is 13.1 Å². The number of nitrogens with zero attached hydrogens (tertiary/aromatic N) is 4. The van der Waals surface area contributed by atoms with Gasteiger partial charge in [-0.2, -0.15) is 0 Å². The van der Waals surface area contributed by atoms with Gasteiger partial charge in [-0.1, -0.05) is 6.07 Å². The largest absolute Gasteiger partial charge is 0.297 e. The van der Waals surface area contributed by atoms with E-state index in [2.05, 4.69) is 37.3 Å². The highest BCUT2D eigenvalue weighted by Crippen LogP contribution is 2.39. The topological polar surface area (TPSA) is 32.3 Å². The maximum absolute atomic E-state index is 4.43. The zero-order valence-corrected chi connectivity index (χ0v) is 14.3. The second-order valence-corrected chi connectivity index (χ2v) is 7.79. The van der Waals surface area contributed by atoms with Crippen LogP contribution < -0.4 is 0 Å². The molecule has 1 spiro atoms. The van der Waals surface area contributed by atoms with Crippen molar-refractivity contribution in [2.45, 2.75) is 44.3 Å². The van der Waals surface area contributed by atoms with Gasteiger partial charge >= 0.3 is 0 Å². The molecule has 2 aromatic heterocycles. The van der Waals surface area contributed by atoms with E-state index in [1.807, 2.05) is 18.6 Å². The number of pyridine rings is 1. The van der Waals surface area contributed by atoms with E-state index in [9.17, 15) is 0 Å². The highest BCUT2D eigenvalue weighted by Gasteiger charge is 2.42. The van der Waals surface area contributed by atoms with Crippen LogP contribution in [-0.4, -0.2) is 44.9 Å². The third-order valence-electron chi connectivity index (χ3n) is 5.47. The predicted molar refractivity (Wildman–Crippen MR) is 93.2 cm³/mol. The van der Waals surface area contributed by atoms with E-state index in [0.29, 0.717) is 5.54 Å². The fraction of sp³-hybridized carbons (Fsp3) is 0.556. The van der Waals surface area contributed by atoms with Crippen LogP contribution >= 0.6 is 11.3 Å². The van der Waals surface area contributed by atoms with Gasteiger partial charge in [-0.05, 0) is 43.9 Å². The highest BCUT2D eigenvalue weighted by atomic mass is 32.1. The molecule has 2 aromatic rings. The molecule has 23 heavy (non-hydrogen) atoms. The van der Waals surface area contributed by atoms with Crippen molar-refractivity contribution < 1.29 is 0 Å². The summed E-state index contributed by atoms with van der Waals surface area (Å²) in [5.41, 5.74) is 1.77. The summed E-state index contributed by atoms with van der Waals surface area (Å²) in [5, 5.41) is 3.33. The lowest BCUT2D eigenvalue weighted by Gasteiger charge is -2.45. The fourth-order valence-corrected chi connectivity index (χ4v) is 4.83. The molecule has 2 saturated heterocycles. The second kappa shape index (κ2) is 6.67. The molecule has 122 valence electrons. The predicted octanol–water partition coefficient (Wildman–Crippen LogP) is 3.17. The lowest BCUT2D eigenvalue weighted by Crippen LogP contribution is -2.51. The maximum atomic E-state index is 4.43. The van der Waals surface area contributed by atoms with Crippen LogP contribution in [0.25, 0.3) is 0 Å². The van der Waals surface area contributed by atoms with Crippen molar-refractivity contribution in [3.05, 3.63) is 46.7 Å². The normalized spacial score (nSPS) is 21.9. The van der Waals surface area contributed by atoms with Gasteiger partial charge < -0.3 is 0 Å². The third-order valence-corrected chi connectivity index (χ3v) is 6.23. The minimum Gasteiger partial charge on any atom is -0.297 e. The second-order valence-electron chi connectivity index (χ2n) is 6.81. The molecule has 4 rings (SSSR count). The minimum atomic E-state index is 0.426. The van der Waals surface area contributed by atoms with Gasteiger partial charge in [0.2, 0.25) is 0 Å². The lowest BCUT2D eigenvalue weighted by molar-refractivity contribution is 0.0449. The van der Waals surface area contributed by atoms with Crippen LogP contribution in [0.15, 0.2) is 36.1 Å². The quantitative estimate of drug-likeness (QED) is 0.863. The zero-order chi connectivity index (χ0) is 15.5. The molecule has 0 atom stereocenters. The lowest BCUT2D eigenvalue weighted by atomic mass is 9.84. The summed E-state index contributed by atoms with van der Waals surface area (Å²) in [6.45, 7) is 5.71. The summed E-state index contributed by atoms with van der Waals surface area (Å²) in [7, 11) is 0. The SMILES string of the molecule is c1cncc(CN2CCCC23CCN(Cc2nccs2)CC3)c1. The molecule has 0 aliphatic carbocycles. The van der Waals surface area contributed by atoms with Crippen molar-refractivity contribution in [1.29, 1.82) is 0 Å². The molecule has 4 heterocycles. The molecule has 0 N–H and O–H groups in total. The molecule has 0 bridgehead atoms. The fourth-order valence-electron chi connectivity index (χ4n) is 4.17. The number of thiazole rings is 1. The molecule has 4 nitrogen and oxygen atoms in total. The van der Waals surface area contributed by atoms with Gasteiger partial charge in [0.05, 0.1) is 6.54 Å². The molecule has 0 amide bonds. The Bertz CT molecular complexity index is 605. The molecule has 0 unspecified atom stereocenters. The van der Waals surface area contributed by atoms with E-state index >= 15 is 0 Å². The van der Waals surface area contributed by atoms with Crippen LogP contribution in [0.3, 0.4) is 0 Å². The van der Waals surface area contributed by atoms with E-state index in [1.54, 1.807) is 11.3 Å². The first-order valence-electron chi connectivity index (χ1n) is 8.59. The van der Waals surface area contributed by atoms with Gasteiger partial charge in [-0.3, -0.25) is 14.8 Å². The van der Waals surface area contributed by atoms with Crippen LogP contribution in [0.1, 0.15) is 36.3 Å². The van der Waals surface area contributed by atoms with Gasteiger partial charge in [0.15, 0.2) is 0 Å². The molecular weight excluding hydrogens is 304 g/mol. The van der Waals surface area contributed by atoms with Crippen molar-refractivity contribution in [3.8, 4) is 0 Å². The first kappa shape index (κ1) is 15.2. The summed E-state index contributed by atoms with van der Waals surface area (Å²) in [4.78, 5) is 14.0. The van der Waals surface area contributed by atoms with E-state index in [-0.39, 0.29) is 0 Å². The Morgan fingerprint density at radius 1 is 1.09 bits per heavy atom. The molecule has 0 aromatic carbocycles. The molecule has 2 aliphatic heterocycles. The van der Waals surface area contributed by atoms with Crippen LogP contribution in [0.5, 0.6) is 0 Å². The smallest absolute Gasteiger partial charge is 0.107 e. The van der Waals surface area contributed by atoms with Crippen molar-refractivity contribution in [2.24, 2.45) is 0 Å². The molecule has 5 heteroatoms. The monoisotopic (exact) mass is 328 g/mol.